The number of hydrogen-bond acceptors (Lipinski definition) is 8. The van der Waals surface area contributed by atoms with E-state index in [0.29, 0.717) is 0 Å². The zero-order chi connectivity index (χ0) is 27.8. The van der Waals surface area contributed by atoms with Gasteiger partial charge in [-0.1, -0.05) is 36.4 Å². The summed E-state index contributed by atoms with van der Waals surface area (Å²) in [5, 5.41) is 0. The summed E-state index contributed by atoms with van der Waals surface area (Å²) in [7, 11) is 0. The standard InChI is InChI=1S/C28H39NO8/c1-8-34-22(30)17-20-23(37-25(32)28(5,6)7)21(36-24(31)27(2,3)4)15-12-16-29(20)26(33)35-18-19-13-10-9-11-14-19/h9-15,20-21,23H,8,16-18H2,1-7H3/t20-,21-,23-/m0/s1. The Hall–Kier alpha value is -3.36. The van der Waals surface area contributed by atoms with Crippen molar-refractivity contribution < 1.29 is 38.1 Å². The Morgan fingerprint density at radius 1 is 0.892 bits per heavy atom. The molecule has 2 rings (SSSR count). The second-order valence-electron chi connectivity index (χ2n) is 10.9. The van der Waals surface area contributed by atoms with Crippen LogP contribution in [0.4, 0.5) is 4.79 Å². The first-order valence-corrected chi connectivity index (χ1v) is 12.5. The van der Waals surface area contributed by atoms with Crippen molar-refractivity contribution in [3.05, 3.63) is 48.0 Å². The minimum Gasteiger partial charge on any atom is -0.466 e. The van der Waals surface area contributed by atoms with Crippen LogP contribution in [-0.4, -0.2) is 60.3 Å². The van der Waals surface area contributed by atoms with Crippen LogP contribution >= 0.6 is 0 Å². The van der Waals surface area contributed by atoms with E-state index >= 15 is 0 Å². The lowest BCUT2D eigenvalue weighted by Crippen LogP contribution is -2.54. The first-order valence-electron chi connectivity index (χ1n) is 12.5. The molecule has 0 bridgehead atoms. The fourth-order valence-corrected chi connectivity index (χ4v) is 3.43. The van der Waals surface area contributed by atoms with Crippen molar-refractivity contribution in [3.8, 4) is 0 Å². The predicted octanol–water partition coefficient (Wildman–Crippen LogP) is 4.43. The topological polar surface area (TPSA) is 108 Å². The van der Waals surface area contributed by atoms with Gasteiger partial charge in [-0.15, -0.1) is 0 Å². The number of benzene rings is 1. The average Bonchev–Trinajstić information content (AvgIpc) is 2.96. The van der Waals surface area contributed by atoms with E-state index in [9.17, 15) is 19.2 Å². The third kappa shape index (κ3) is 8.91. The lowest BCUT2D eigenvalue weighted by atomic mass is 9.95. The number of carbonyl (C=O) groups excluding carboxylic acids is 4. The van der Waals surface area contributed by atoms with E-state index < -0.39 is 53.1 Å². The fourth-order valence-electron chi connectivity index (χ4n) is 3.43. The number of carbonyl (C=O) groups is 4. The van der Waals surface area contributed by atoms with Crippen LogP contribution in [-0.2, 0) is 39.9 Å². The van der Waals surface area contributed by atoms with E-state index in [-0.39, 0.29) is 26.2 Å². The molecule has 0 aliphatic carbocycles. The molecule has 1 heterocycles. The number of hydrogen-bond donors (Lipinski definition) is 0. The molecule has 9 nitrogen and oxygen atoms in total. The van der Waals surface area contributed by atoms with Gasteiger partial charge in [-0.2, -0.15) is 0 Å². The zero-order valence-corrected chi connectivity index (χ0v) is 22.8. The Kier molecular flexibility index (Phi) is 10.3. The van der Waals surface area contributed by atoms with Gasteiger partial charge in [0.05, 0.1) is 29.9 Å². The number of amides is 1. The quantitative estimate of drug-likeness (QED) is 0.297. The molecule has 0 aromatic heterocycles. The molecule has 1 aliphatic rings. The summed E-state index contributed by atoms with van der Waals surface area (Å²) >= 11 is 0. The van der Waals surface area contributed by atoms with Crippen molar-refractivity contribution in [1.82, 2.24) is 4.90 Å². The molecule has 0 fully saturated rings. The van der Waals surface area contributed by atoms with Gasteiger partial charge in [0.1, 0.15) is 6.61 Å². The maximum absolute atomic E-state index is 13.3. The lowest BCUT2D eigenvalue weighted by molar-refractivity contribution is -0.179. The van der Waals surface area contributed by atoms with Crippen LogP contribution in [0.3, 0.4) is 0 Å². The largest absolute Gasteiger partial charge is 0.466 e. The maximum atomic E-state index is 13.3. The Morgan fingerprint density at radius 3 is 2.05 bits per heavy atom. The van der Waals surface area contributed by atoms with Crippen LogP contribution < -0.4 is 0 Å². The predicted molar refractivity (Wildman–Crippen MR) is 136 cm³/mol. The van der Waals surface area contributed by atoms with Crippen molar-refractivity contribution in [2.24, 2.45) is 10.8 Å². The van der Waals surface area contributed by atoms with Gasteiger partial charge >= 0.3 is 24.0 Å². The number of rotatable bonds is 7. The van der Waals surface area contributed by atoms with Gasteiger partial charge in [-0.25, -0.2) is 4.79 Å². The normalized spacial score (nSPS) is 20.0. The van der Waals surface area contributed by atoms with Crippen LogP contribution in [0.2, 0.25) is 0 Å². The SMILES string of the molecule is CCOC(=O)C[C@H]1[C@H](OC(=O)C(C)(C)C)[C@@H](OC(=O)C(C)(C)C)C=CCN1C(=O)OCc1ccccc1. The summed E-state index contributed by atoms with van der Waals surface area (Å²) < 4.78 is 22.3. The summed E-state index contributed by atoms with van der Waals surface area (Å²) in [5.41, 5.74) is -0.929. The van der Waals surface area contributed by atoms with Crippen molar-refractivity contribution >= 4 is 24.0 Å². The molecule has 1 aliphatic heterocycles. The molecule has 1 aromatic rings. The molecule has 9 heteroatoms. The Bertz CT molecular complexity index is 974. The molecule has 1 aromatic carbocycles. The van der Waals surface area contributed by atoms with Crippen molar-refractivity contribution in [3.63, 3.8) is 0 Å². The van der Waals surface area contributed by atoms with E-state index in [1.807, 2.05) is 30.3 Å². The average molecular weight is 518 g/mol. The van der Waals surface area contributed by atoms with Crippen molar-refractivity contribution in [2.75, 3.05) is 13.2 Å². The first-order chi connectivity index (χ1) is 17.2. The summed E-state index contributed by atoms with van der Waals surface area (Å²) in [6.45, 7) is 12.0. The first kappa shape index (κ1) is 29.9. The van der Waals surface area contributed by atoms with Gasteiger partial charge in [0, 0.05) is 6.54 Å². The molecule has 0 N–H and O–H groups in total. The summed E-state index contributed by atoms with van der Waals surface area (Å²) in [5.74, 6) is -1.68. The summed E-state index contributed by atoms with van der Waals surface area (Å²) in [4.78, 5) is 53.0. The molecule has 0 spiro atoms. The summed E-state index contributed by atoms with van der Waals surface area (Å²) in [6.07, 6.45) is -0.000619. The number of ether oxygens (including phenoxy) is 4. The van der Waals surface area contributed by atoms with Crippen LogP contribution in [0, 0.1) is 10.8 Å². The molecule has 0 radical (unpaired) electrons. The minimum atomic E-state index is -1.18. The molecule has 204 valence electrons. The highest BCUT2D eigenvalue weighted by molar-refractivity contribution is 5.78. The van der Waals surface area contributed by atoms with Gasteiger partial charge in [-0.3, -0.25) is 19.3 Å². The van der Waals surface area contributed by atoms with Crippen LogP contribution in [0.5, 0.6) is 0 Å². The van der Waals surface area contributed by atoms with Crippen LogP contribution in [0.25, 0.3) is 0 Å². The fraction of sp³-hybridized carbons (Fsp3) is 0.571. The molecule has 0 saturated carbocycles. The van der Waals surface area contributed by atoms with Crippen LogP contribution in [0.15, 0.2) is 42.5 Å². The Labute approximate surface area is 219 Å². The van der Waals surface area contributed by atoms with Gasteiger partial charge in [0.2, 0.25) is 0 Å². The minimum absolute atomic E-state index is 0.0148. The third-order valence-corrected chi connectivity index (χ3v) is 5.56. The van der Waals surface area contributed by atoms with Gasteiger partial charge in [0.25, 0.3) is 0 Å². The highest BCUT2D eigenvalue weighted by Crippen LogP contribution is 2.28. The smallest absolute Gasteiger partial charge is 0.410 e. The highest BCUT2D eigenvalue weighted by atomic mass is 16.6. The van der Waals surface area contributed by atoms with Crippen LogP contribution in [0.1, 0.15) is 60.5 Å². The second-order valence-corrected chi connectivity index (χ2v) is 10.9. The summed E-state index contributed by atoms with van der Waals surface area (Å²) in [6, 6.07) is 8.15. The highest BCUT2D eigenvalue weighted by Gasteiger charge is 2.45. The lowest BCUT2D eigenvalue weighted by Gasteiger charge is -2.37. The molecule has 37 heavy (non-hydrogen) atoms. The van der Waals surface area contributed by atoms with E-state index in [2.05, 4.69) is 0 Å². The Morgan fingerprint density at radius 2 is 1.49 bits per heavy atom. The molecule has 0 saturated heterocycles. The molecule has 0 unspecified atom stereocenters. The number of nitrogens with zero attached hydrogens (tertiary/aromatic N) is 1. The Balaban J connectivity index is 2.44. The molecular weight excluding hydrogens is 478 g/mol. The maximum Gasteiger partial charge on any atom is 0.410 e. The van der Waals surface area contributed by atoms with E-state index in [0.717, 1.165) is 5.56 Å². The molecular formula is C28H39NO8. The van der Waals surface area contributed by atoms with Crippen molar-refractivity contribution in [2.45, 2.75) is 79.7 Å². The van der Waals surface area contributed by atoms with Gasteiger partial charge in [-0.05, 0) is 60.1 Å². The zero-order valence-electron chi connectivity index (χ0n) is 22.8. The molecule has 1 amide bonds. The number of esters is 3. The van der Waals surface area contributed by atoms with Crippen molar-refractivity contribution in [1.29, 1.82) is 0 Å². The third-order valence-electron chi connectivity index (χ3n) is 5.56. The van der Waals surface area contributed by atoms with Gasteiger partial charge < -0.3 is 18.9 Å². The van der Waals surface area contributed by atoms with E-state index in [4.69, 9.17) is 18.9 Å². The second kappa shape index (κ2) is 12.7. The monoisotopic (exact) mass is 517 g/mol. The molecule has 3 atom stereocenters. The van der Waals surface area contributed by atoms with Gasteiger partial charge in [0.15, 0.2) is 12.2 Å². The van der Waals surface area contributed by atoms with E-state index in [1.54, 1.807) is 60.6 Å². The van der Waals surface area contributed by atoms with E-state index in [1.165, 1.54) is 4.90 Å².